The van der Waals surface area contributed by atoms with E-state index in [1.54, 1.807) is 0 Å². The molecule has 3 nitrogen and oxygen atoms in total. The molecule has 2 heterocycles. The van der Waals surface area contributed by atoms with Crippen molar-refractivity contribution in [1.82, 2.24) is 14.9 Å². The summed E-state index contributed by atoms with van der Waals surface area (Å²) in [7, 11) is 0. The van der Waals surface area contributed by atoms with E-state index in [1.807, 2.05) is 0 Å². The van der Waals surface area contributed by atoms with E-state index in [4.69, 9.17) is 4.98 Å². The summed E-state index contributed by atoms with van der Waals surface area (Å²) < 4.78 is 2.45. The van der Waals surface area contributed by atoms with Gasteiger partial charge in [0.2, 0.25) is 0 Å². The van der Waals surface area contributed by atoms with Gasteiger partial charge >= 0.3 is 0 Å². The number of aryl methyl sites for hydroxylation is 2. The lowest BCUT2D eigenvalue weighted by molar-refractivity contribution is 0.314. The molecule has 1 fully saturated rings. The van der Waals surface area contributed by atoms with Gasteiger partial charge in [-0.05, 0) is 50.4 Å². The Balaban J connectivity index is 2.15. The van der Waals surface area contributed by atoms with Crippen molar-refractivity contribution in [2.75, 3.05) is 13.1 Å². The van der Waals surface area contributed by atoms with E-state index in [-0.39, 0.29) is 5.41 Å². The quantitative estimate of drug-likeness (QED) is 0.927. The zero-order valence-corrected chi connectivity index (χ0v) is 12.9. The third-order valence-electron chi connectivity index (χ3n) is 4.49. The first-order valence-electron chi connectivity index (χ1n) is 7.82. The van der Waals surface area contributed by atoms with E-state index in [0.29, 0.717) is 0 Å². The first-order chi connectivity index (χ1) is 9.64. The molecule has 20 heavy (non-hydrogen) atoms. The summed E-state index contributed by atoms with van der Waals surface area (Å²) in [6.45, 7) is 9.98. The topological polar surface area (TPSA) is 29.9 Å². The van der Waals surface area contributed by atoms with E-state index >= 15 is 0 Å². The van der Waals surface area contributed by atoms with E-state index < -0.39 is 0 Å². The average Bonchev–Trinajstić information content (AvgIpc) is 2.79. The van der Waals surface area contributed by atoms with Gasteiger partial charge in [-0.1, -0.05) is 19.9 Å². The Morgan fingerprint density at radius 1 is 1.40 bits per heavy atom. The zero-order valence-electron chi connectivity index (χ0n) is 12.9. The molecule has 1 saturated heterocycles. The molecule has 1 aliphatic rings. The van der Waals surface area contributed by atoms with E-state index in [1.165, 1.54) is 29.7 Å². The van der Waals surface area contributed by atoms with Gasteiger partial charge in [0.25, 0.3) is 0 Å². The van der Waals surface area contributed by atoms with Crippen LogP contribution in [0.4, 0.5) is 0 Å². The number of hydrogen-bond acceptors (Lipinski definition) is 2. The highest BCUT2D eigenvalue weighted by Gasteiger charge is 2.33. The molecule has 3 rings (SSSR count). The summed E-state index contributed by atoms with van der Waals surface area (Å²) in [4.78, 5) is 5.01. The van der Waals surface area contributed by atoms with Crippen LogP contribution >= 0.6 is 0 Å². The van der Waals surface area contributed by atoms with E-state index in [0.717, 1.165) is 31.6 Å². The molecule has 0 saturated carbocycles. The third kappa shape index (κ3) is 2.24. The van der Waals surface area contributed by atoms with Gasteiger partial charge in [0.15, 0.2) is 0 Å². The molecule has 1 N–H and O–H groups in total. The predicted octanol–water partition coefficient (Wildman–Crippen LogP) is 3.40. The maximum Gasteiger partial charge on any atom is 0.117 e. The standard InChI is InChI=1S/C17H25N3/c1-4-10-20-15-7-6-13(2)11-14(15)19-16(20)17(3)8-5-9-18-12-17/h6-7,11,18H,4-5,8-10,12H2,1-3H3. The van der Waals surface area contributed by atoms with Gasteiger partial charge in [0, 0.05) is 18.5 Å². The van der Waals surface area contributed by atoms with Gasteiger partial charge in [-0.2, -0.15) is 0 Å². The highest BCUT2D eigenvalue weighted by Crippen LogP contribution is 2.32. The van der Waals surface area contributed by atoms with Crippen molar-refractivity contribution >= 4 is 11.0 Å². The molecule has 3 heteroatoms. The van der Waals surface area contributed by atoms with Crippen LogP contribution in [-0.4, -0.2) is 22.6 Å². The number of rotatable bonds is 3. The highest BCUT2D eigenvalue weighted by atomic mass is 15.1. The van der Waals surface area contributed by atoms with Crippen molar-refractivity contribution < 1.29 is 0 Å². The van der Waals surface area contributed by atoms with E-state index in [9.17, 15) is 0 Å². The van der Waals surface area contributed by atoms with Crippen LogP contribution in [0.3, 0.4) is 0 Å². The third-order valence-corrected chi connectivity index (χ3v) is 4.49. The summed E-state index contributed by atoms with van der Waals surface area (Å²) in [6, 6.07) is 6.64. The minimum absolute atomic E-state index is 0.167. The van der Waals surface area contributed by atoms with Crippen molar-refractivity contribution in [3.05, 3.63) is 29.6 Å². The smallest absolute Gasteiger partial charge is 0.117 e. The molecule has 2 aromatic rings. The minimum atomic E-state index is 0.167. The maximum atomic E-state index is 5.01. The Hall–Kier alpha value is -1.35. The predicted molar refractivity (Wildman–Crippen MR) is 84.2 cm³/mol. The van der Waals surface area contributed by atoms with Crippen LogP contribution in [0.15, 0.2) is 18.2 Å². The van der Waals surface area contributed by atoms with Crippen molar-refractivity contribution in [2.24, 2.45) is 0 Å². The van der Waals surface area contributed by atoms with Crippen LogP contribution in [0.1, 0.15) is 44.5 Å². The molecule has 108 valence electrons. The molecule has 0 radical (unpaired) electrons. The van der Waals surface area contributed by atoms with Gasteiger partial charge in [-0.15, -0.1) is 0 Å². The monoisotopic (exact) mass is 271 g/mol. The second-order valence-corrected chi connectivity index (χ2v) is 6.42. The number of imidazole rings is 1. The zero-order chi connectivity index (χ0) is 14.2. The van der Waals surface area contributed by atoms with E-state index in [2.05, 4.69) is 48.9 Å². The fourth-order valence-electron chi connectivity index (χ4n) is 3.40. The molecule has 1 aromatic heterocycles. The second-order valence-electron chi connectivity index (χ2n) is 6.42. The Morgan fingerprint density at radius 3 is 2.95 bits per heavy atom. The maximum absolute atomic E-state index is 5.01. The molecule has 0 aliphatic carbocycles. The number of aromatic nitrogens is 2. The van der Waals surface area contributed by atoms with Gasteiger partial charge in [0.1, 0.15) is 5.82 Å². The molecular weight excluding hydrogens is 246 g/mol. The molecule has 1 aromatic carbocycles. The number of fused-ring (bicyclic) bond motifs is 1. The fraction of sp³-hybridized carbons (Fsp3) is 0.588. The van der Waals surface area contributed by atoms with Crippen LogP contribution in [-0.2, 0) is 12.0 Å². The molecule has 1 atom stereocenters. The first-order valence-corrected chi connectivity index (χ1v) is 7.82. The Bertz CT molecular complexity index is 606. The molecule has 1 unspecified atom stereocenters. The van der Waals surface area contributed by atoms with Crippen molar-refractivity contribution in [3.8, 4) is 0 Å². The van der Waals surface area contributed by atoms with Gasteiger partial charge in [0.05, 0.1) is 11.0 Å². The summed E-state index contributed by atoms with van der Waals surface area (Å²) >= 11 is 0. The average molecular weight is 271 g/mol. The number of nitrogens with zero attached hydrogens (tertiary/aromatic N) is 2. The molecular formula is C17H25N3. The molecule has 0 bridgehead atoms. The second kappa shape index (κ2) is 5.21. The van der Waals surface area contributed by atoms with Crippen LogP contribution in [0, 0.1) is 6.92 Å². The Kier molecular flexibility index (Phi) is 3.55. The Labute approximate surface area is 121 Å². The van der Waals surface area contributed by atoms with Crippen LogP contribution in [0.5, 0.6) is 0 Å². The molecule has 0 spiro atoms. The lowest BCUT2D eigenvalue weighted by Crippen LogP contribution is -2.42. The van der Waals surface area contributed by atoms with Gasteiger partial charge in [-0.25, -0.2) is 4.98 Å². The number of piperidine rings is 1. The summed E-state index contributed by atoms with van der Waals surface area (Å²) in [5, 5.41) is 3.55. The SMILES string of the molecule is CCCn1c(C2(C)CCCNC2)nc2cc(C)ccc21. The normalized spacial score (nSPS) is 23.4. The minimum Gasteiger partial charge on any atom is -0.327 e. The summed E-state index contributed by atoms with van der Waals surface area (Å²) in [6.07, 6.45) is 3.62. The van der Waals surface area contributed by atoms with Gasteiger partial charge < -0.3 is 9.88 Å². The summed E-state index contributed by atoms with van der Waals surface area (Å²) in [5.74, 6) is 1.27. The Morgan fingerprint density at radius 2 is 2.25 bits per heavy atom. The van der Waals surface area contributed by atoms with Crippen molar-refractivity contribution in [3.63, 3.8) is 0 Å². The largest absolute Gasteiger partial charge is 0.327 e. The van der Waals surface area contributed by atoms with Gasteiger partial charge in [-0.3, -0.25) is 0 Å². The number of benzene rings is 1. The first kappa shape index (κ1) is 13.6. The van der Waals surface area contributed by atoms with Crippen molar-refractivity contribution in [1.29, 1.82) is 0 Å². The lowest BCUT2D eigenvalue weighted by Gasteiger charge is -2.34. The molecule has 1 aliphatic heterocycles. The molecule has 0 amide bonds. The van der Waals surface area contributed by atoms with Crippen LogP contribution in [0.2, 0.25) is 0 Å². The number of nitrogens with one attached hydrogen (secondary N) is 1. The summed E-state index contributed by atoms with van der Waals surface area (Å²) in [5.41, 5.74) is 3.90. The fourth-order valence-corrected chi connectivity index (χ4v) is 3.40. The van der Waals surface area contributed by atoms with Crippen LogP contribution < -0.4 is 5.32 Å². The highest BCUT2D eigenvalue weighted by molar-refractivity contribution is 5.77. The van der Waals surface area contributed by atoms with Crippen LogP contribution in [0.25, 0.3) is 11.0 Å². The van der Waals surface area contributed by atoms with Crippen molar-refractivity contribution in [2.45, 2.75) is 52.0 Å². The number of hydrogen-bond donors (Lipinski definition) is 1. The lowest BCUT2D eigenvalue weighted by atomic mass is 9.82.